The fraction of sp³-hybridized carbons (Fsp3) is 0.522. The number of hydrogen-bond donors (Lipinski definition) is 2. The molecule has 8 nitrogen and oxygen atoms in total. The molecule has 2 aromatic rings. The van der Waals surface area contributed by atoms with E-state index >= 15 is 0 Å². The van der Waals surface area contributed by atoms with Crippen molar-refractivity contribution in [2.75, 3.05) is 25.5 Å². The Labute approximate surface area is 200 Å². The molecule has 0 spiro atoms. The van der Waals surface area contributed by atoms with Crippen LogP contribution in [0.1, 0.15) is 48.4 Å². The lowest BCUT2D eigenvalue weighted by Crippen LogP contribution is -2.44. The second kappa shape index (κ2) is 9.06. The van der Waals surface area contributed by atoms with Gasteiger partial charge in [0.15, 0.2) is 0 Å². The minimum Gasteiger partial charge on any atom is -0.389 e. The van der Waals surface area contributed by atoms with Gasteiger partial charge in [0.1, 0.15) is 11.5 Å². The summed E-state index contributed by atoms with van der Waals surface area (Å²) in [4.78, 5) is 29.4. The Morgan fingerprint density at radius 3 is 2.73 bits per heavy atom. The van der Waals surface area contributed by atoms with Crippen molar-refractivity contribution < 1.29 is 19.1 Å². The van der Waals surface area contributed by atoms with Crippen molar-refractivity contribution in [2.45, 2.75) is 51.8 Å². The highest BCUT2D eigenvalue weighted by Gasteiger charge is 2.41. The highest BCUT2D eigenvalue weighted by Crippen LogP contribution is 2.33. The first-order valence-corrected chi connectivity index (χ1v) is 12.0. The molecule has 4 rings (SSSR count). The number of aromatic nitrogens is 2. The van der Waals surface area contributed by atoms with Crippen molar-refractivity contribution in [3.63, 3.8) is 0 Å². The quantitative estimate of drug-likeness (QED) is 0.642. The molecule has 1 aromatic carbocycles. The van der Waals surface area contributed by atoms with E-state index in [0.29, 0.717) is 50.3 Å². The van der Waals surface area contributed by atoms with E-state index in [-0.39, 0.29) is 28.9 Å². The number of fused-ring (bicyclic) bond motifs is 3. The molecule has 0 unspecified atom stereocenters. The van der Waals surface area contributed by atoms with Crippen LogP contribution in [0, 0.1) is 11.7 Å². The normalized spacial score (nSPS) is 18.6. The van der Waals surface area contributed by atoms with Gasteiger partial charge < -0.3 is 20.2 Å². The third-order valence-corrected chi connectivity index (χ3v) is 7.59. The molecule has 10 heteroatoms. The van der Waals surface area contributed by atoms with Gasteiger partial charge in [-0.15, -0.1) is 0 Å². The van der Waals surface area contributed by atoms with Crippen LogP contribution in [0.15, 0.2) is 22.7 Å². The molecule has 1 aromatic heterocycles. The maximum absolute atomic E-state index is 13.5. The van der Waals surface area contributed by atoms with Crippen LogP contribution < -0.4 is 5.32 Å². The van der Waals surface area contributed by atoms with Crippen LogP contribution in [-0.4, -0.2) is 62.4 Å². The highest BCUT2D eigenvalue weighted by atomic mass is 79.9. The Morgan fingerprint density at radius 2 is 2.06 bits per heavy atom. The van der Waals surface area contributed by atoms with E-state index in [2.05, 4.69) is 21.2 Å². The minimum absolute atomic E-state index is 0.139. The van der Waals surface area contributed by atoms with Crippen LogP contribution in [0.25, 0.3) is 0 Å². The zero-order valence-electron chi connectivity index (χ0n) is 19.1. The second-order valence-electron chi connectivity index (χ2n) is 8.88. The van der Waals surface area contributed by atoms with E-state index < -0.39 is 11.4 Å². The number of nitrogens with one attached hydrogen (secondary N) is 1. The Morgan fingerprint density at radius 1 is 1.33 bits per heavy atom. The van der Waals surface area contributed by atoms with Crippen LogP contribution in [0.5, 0.6) is 0 Å². The van der Waals surface area contributed by atoms with Gasteiger partial charge in [-0.05, 0) is 47.0 Å². The molecule has 1 atom stereocenters. The summed E-state index contributed by atoms with van der Waals surface area (Å²) in [6.07, 6.45) is 1.73. The third-order valence-electron chi connectivity index (χ3n) is 6.98. The summed E-state index contributed by atoms with van der Waals surface area (Å²) >= 11 is 3.13. The number of rotatable bonds is 4. The van der Waals surface area contributed by atoms with Crippen LogP contribution in [-0.2, 0) is 19.5 Å². The summed E-state index contributed by atoms with van der Waals surface area (Å²) in [6.45, 7) is 5.53. The van der Waals surface area contributed by atoms with Crippen LogP contribution in [0.4, 0.5) is 14.9 Å². The van der Waals surface area contributed by atoms with Crippen LogP contribution >= 0.6 is 15.9 Å². The Balaban J connectivity index is 1.59. The third kappa shape index (κ3) is 4.38. The second-order valence-corrected chi connectivity index (χ2v) is 9.73. The Bertz CT molecular complexity index is 1080. The summed E-state index contributed by atoms with van der Waals surface area (Å²) in [7, 11) is 1.75. The number of amides is 3. The molecule has 0 saturated heterocycles. The molecular formula is C23H29BrFN5O3. The zero-order chi connectivity index (χ0) is 23.9. The molecule has 2 N–H and O–H groups in total. The predicted octanol–water partition coefficient (Wildman–Crippen LogP) is 3.63. The lowest BCUT2D eigenvalue weighted by atomic mass is 9.82. The first kappa shape index (κ1) is 23.7. The lowest BCUT2D eigenvalue weighted by molar-refractivity contribution is -0.0389. The van der Waals surface area contributed by atoms with Gasteiger partial charge in [0.2, 0.25) is 0 Å². The molecule has 0 bridgehead atoms. The van der Waals surface area contributed by atoms with Gasteiger partial charge in [-0.3, -0.25) is 9.48 Å². The van der Waals surface area contributed by atoms with Crippen LogP contribution in [0.3, 0.4) is 0 Å². The number of aliphatic hydroxyl groups is 1. The SMILES string of the molecule is CCC(O)(CC)[C@@H]1CN(C)C(=O)c2c3c(nn2C1)CCN(C(=O)Nc1ccc(F)c(Br)c1)C3. The van der Waals surface area contributed by atoms with E-state index in [1.807, 2.05) is 13.8 Å². The average Bonchev–Trinajstić information content (AvgIpc) is 3.10. The Hall–Kier alpha value is -2.46. The van der Waals surface area contributed by atoms with Crippen molar-refractivity contribution >= 4 is 33.6 Å². The summed E-state index contributed by atoms with van der Waals surface area (Å²) in [6, 6.07) is 3.97. The van der Waals surface area contributed by atoms with Crippen LogP contribution in [0.2, 0.25) is 0 Å². The van der Waals surface area contributed by atoms with Crippen molar-refractivity contribution in [1.82, 2.24) is 19.6 Å². The number of urea groups is 1. The minimum atomic E-state index is -0.877. The van der Waals surface area contributed by atoms with Crippen molar-refractivity contribution in [1.29, 1.82) is 0 Å². The molecule has 0 fully saturated rings. The molecule has 2 aliphatic heterocycles. The van der Waals surface area contributed by atoms with Gasteiger partial charge in [-0.25, -0.2) is 9.18 Å². The summed E-state index contributed by atoms with van der Waals surface area (Å²) < 4.78 is 15.5. The van der Waals surface area contributed by atoms with E-state index in [0.717, 1.165) is 11.3 Å². The first-order chi connectivity index (χ1) is 15.7. The van der Waals surface area contributed by atoms with Gasteiger partial charge >= 0.3 is 6.03 Å². The smallest absolute Gasteiger partial charge is 0.322 e. The summed E-state index contributed by atoms with van der Waals surface area (Å²) in [5.74, 6) is -0.692. The largest absolute Gasteiger partial charge is 0.389 e. The zero-order valence-corrected chi connectivity index (χ0v) is 20.7. The predicted molar refractivity (Wildman–Crippen MR) is 125 cm³/mol. The van der Waals surface area contributed by atoms with E-state index in [1.54, 1.807) is 21.5 Å². The topological polar surface area (TPSA) is 90.7 Å². The van der Waals surface area contributed by atoms with Crippen molar-refractivity contribution in [3.8, 4) is 0 Å². The van der Waals surface area contributed by atoms with Crippen molar-refractivity contribution in [3.05, 3.63) is 45.4 Å². The van der Waals surface area contributed by atoms with Gasteiger partial charge in [0, 0.05) is 50.3 Å². The number of nitrogens with zero attached hydrogens (tertiary/aromatic N) is 4. The number of anilines is 1. The maximum Gasteiger partial charge on any atom is 0.322 e. The van der Waals surface area contributed by atoms with Gasteiger partial charge in [0.05, 0.1) is 22.3 Å². The molecule has 0 aliphatic carbocycles. The number of hydrogen-bond acceptors (Lipinski definition) is 4. The van der Waals surface area contributed by atoms with Crippen molar-refractivity contribution in [2.24, 2.45) is 5.92 Å². The Kier molecular flexibility index (Phi) is 6.50. The monoisotopic (exact) mass is 521 g/mol. The molecule has 3 amide bonds. The average molecular weight is 522 g/mol. The summed E-state index contributed by atoms with van der Waals surface area (Å²) in [5.41, 5.74) is 1.66. The number of carbonyl (C=O) groups is 2. The van der Waals surface area contributed by atoms with E-state index in [1.165, 1.54) is 18.2 Å². The molecule has 2 aliphatic rings. The lowest BCUT2D eigenvalue weighted by Gasteiger charge is -2.35. The van der Waals surface area contributed by atoms with E-state index in [9.17, 15) is 19.1 Å². The maximum atomic E-state index is 13.5. The number of benzene rings is 1. The summed E-state index contributed by atoms with van der Waals surface area (Å²) in [5, 5.41) is 18.6. The molecule has 0 saturated carbocycles. The standard InChI is InChI=1S/C23H29BrFN5O3/c1-4-23(33,5-2)14-11-28(3)21(31)20-16-13-29(9-8-19(16)27-30(20)12-14)22(32)26-15-6-7-18(25)17(24)10-15/h6-7,10,14,33H,4-5,8-9,11-13H2,1-3H3,(H,26,32)/t14-/m1/s1. The van der Waals surface area contributed by atoms with E-state index in [4.69, 9.17) is 5.10 Å². The number of halogens is 2. The van der Waals surface area contributed by atoms with Gasteiger partial charge in [-0.2, -0.15) is 5.10 Å². The molecule has 0 radical (unpaired) electrons. The van der Waals surface area contributed by atoms with Gasteiger partial charge in [0.25, 0.3) is 5.91 Å². The fourth-order valence-corrected chi connectivity index (χ4v) is 5.15. The molecule has 178 valence electrons. The van der Waals surface area contributed by atoms with Gasteiger partial charge in [-0.1, -0.05) is 13.8 Å². The first-order valence-electron chi connectivity index (χ1n) is 11.2. The number of carbonyl (C=O) groups excluding carboxylic acids is 2. The molecule has 3 heterocycles. The molecule has 33 heavy (non-hydrogen) atoms. The fourth-order valence-electron chi connectivity index (χ4n) is 4.78. The highest BCUT2D eigenvalue weighted by molar-refractivity contribution is 9.10. The molecular weight excluding hydrogens is 493 g/mol.